The van der Waals surface area contributed by atoms with E-state index in [4.69, 9.17) is 0 Å². The van der Waals surface area contributed by atoms with Crippen molar-refractivity contribution in [2.24, 2.45) is 0 Å². The molecule has 0 spiro atoms. The number of rotatable bonds is 4. The first-order valence-electron chi connectivity index (χ1n) is 8.51. The lowest BCUT2D eigenvalue weighted by Gasteiger charge is -2.43. The molecule has 0 amide bonds. The minimum absolute atomic E-state index is 0.0449. The monoisotopic (exact) mass is 293 g/mol. The van der Waals surface area contributed by atoms with Gasteiger partial charge in [-0.15, -0.1) is 0 Å². The summed E-state index contributed by atoms with van der Waals surface area (Å²) in [5.74, 6) is 0. The van der Waals surface area contributed by atoms with Gasteiger partial charge in [0.2, 0.25) is 0 Å². The third-order valence-electron chi connectivity index (χ3n) is 5.37. The van der Waals surface area contributed by atoms with Gasteiger partial charge in [-0.05, 0) is 51.3 Å². The van der Waals surface area contributed by atoms with E-state index in [0.29, 0.717) is 12.1 Å². The quantitative estimate of drug-likeness (QED) is 0.777. The van der Waals surface area contributed by atoms with E-state index < -0.39 is 0 Å². The van der Waals surface area contributed by atoms with Gasteiger partial charge in [-0.25, -0.2) is 0 Å². The van der Waals surface area contributed by atoms with Crippen molar-refractivity contribution >= 4 is 0 Å². The zero-order valence-electron chi connectivity index (χ0n) is 14.0. The van der Waals surface area contributed by atoms with E-state index in [0.717, 1.165) is 0 Å². The summed E-state index contributed by atoms with van der Waals surface area (Å²) in [4.78, 5) is 2.69. The average Bonchev–Trinajstić information content (AvgIpc) is 3.06. The Labute approximate surface area is 135 Å². The van der Waals surface area contributed by atoms with Crippen LogP contribution in [0.2, 0.25) is 0 Å². The normalized spacial score (nSPS) is 19.7. The zero-order valence-corrected chi connectivity index (χ0v) is 14.0. The molecule has 2 aromatic rings. The zero-order chi connectivity index (χ0) is 15.6. The van der Waals surface area contributed by atoms with E-state index in [1.807, 2.05) is 0 Å². The molecular formula is C21H27N. The number of hydrogen-bond donors (Lipinski definition) is 0. The highest BCUT2D eigenvalue weighted by Gasteiger charge is 2.43. The van der Waals surface area contributed by atoms with Gasteiger partial charge in [0.15, 0.2) is 0 Å². The number of hydrogen-bond acceptors (Lipinski definition) is 1. The van der Waals surface area contributed by atoms with Gasteiger partial charge in [-0.1, -0.05) is 60.7 Å². The summed E-state index contributed by atoms with van der Waals surface area (Å²) in [7, 11) is 0. The van der Waals surface area contributed by atoms with Crippen molar-refractivity contribution < 1.29 is 0 Å². The molecule has 0 unspecified atom stereocenters. The second kappa shape index (κ2) is 6.26. The van der Waals surface area contributed by atoms with Crippen molar-refractivity contribution in [3.05, 3.63) is 71.8 Å². The minimum atomic E-state index is 0.0449. The summed E-state index contributed by atoms with van der Waals surface area (Å²) in [5, 5.41) is 0. The number of likely N-dealkylation sites (tertiary alicyclic amines) is 1. The Morgan fingerprint density at radius 3 is 1.86 bits per heavy atom. The summed E-state index contributed by atoms with van der Waals surface area (Å²) >= 11 is 0. The maximum absolute atomic E-state index is 2.69. The summed E-state index contributed by atoms with van der Waals surface area (Å²) in [5.41, 5.74) is 2.90. The van der Waals surface area contributed by atoms with Crippen LogP contribution in [0.3, 0.4) is 0 Å². The third kappa shape index (κ3) is 2.59. The fourth-order valence-corrected chi connectivity index (χ4v) is 4.15. The molecule has 1 fully saturated rings. The van der Waals surface area contributed by atoms with Crippen LogP contribution in [0.1, 0.15) is 44.7 Å². The van der Waals surface area contributed by atoms with E-state index in [2.05, 4.69) is 86.3 Å². The van der Waals surface area contributed by atoms with Crippen LogP contribution in [-0.4, -0.2) is 23.5 Å². The Kier molecular flexibility index (Phi) is 4.35. The van der Waals surface area contributed by atoms with Gasteiger partial charge in [0, 0.05) is 17.5 Å². The summed E-state index contributed by atoms with van der Waals surface area (Å²) in [6.07, 6.45) is 2.58. The Hall–Kier alpha value is -1.60. The molecule has 0 radical (unpaired) electrons. The van der Waals surface area contributed by atoms with Crippen LogP contribution >= 0.6 is 0 Å². The first-order chi connectivity index (χ1) is 10.6. The molecule has 1 nitrogen and oxygen atoms in total. The molecular weight excluding hydrogens is 266 g/mol. The molecule has 1 aliphatic rings. The molecule has 0 aromatic heterocycles. The average molecular weight is 293 g/mol. The molecule has 1 heterocycles. The standard InChI is InChI=1S/C21H27N/c1-17(2)22-16-10-15-20(22)21(3,18-11-6-4-7-12-18)19-13-8-5-9-14-19/h4-9,11-14,17,20H,10,15-16H2,1-3H3/t20-/m0/s1. The smallest absolute Gasteiger partial charge is 0.0330 e. The Morgan fingerprint density at radius 2 is 1.41 bits per heavy atom. The summed E-state index contributed by atoms with van der Waals surface area (Å²) < 4.78 is 0. The van der Waals surface area contributed by atoms with Gasteiger partial charge in [-0.2, -0.15) is 0 Å². The largest absolute Gasteiger partial charge is 0.297 e. The van der Waals surface area contributed by atoms with Crippen molar-refractivity contribution in [2.75, 3.05) is 6.54 Å². The molecule has 1 atom stereocenters. The number of nitrogens with zero attached hydrogens (tertiary/aromatic N) is 1. The molecule has 0 bridgehead atoms. The Morgan fingerprint density at radius 1 is 0.909 bits per heavy atom. The van der Waals surface area contributed by atoms with Crippen LogP contribution in [0.25, 0.3) is 0 Å². The Balaban J connectivity index is 2.12. The van der Waals surface area contributed by atoms with E-state index in [1.54, 1.807) is 0 Å². The molecule has 1 heteroatoms. The molecule has 0 saturated carbocycles. The molecule has 3 rings (SSSR count). The topological polar surface area (TPSA) is 3.24 Å². The van der Waals surface area contributed by atoms with Crippen molar-refractivity contribution in [1.29, 1.82) is 0 Å². The van der Waals surface area contributed by atoms with Crippen molar-refractivity contribution in [1.82, 2.24) is 4.90 Å². The third-order valence-corrected chi connectivity index (χ3v) is 5.37. The van der Waals surface area contributed by atoms with Gasteiger partial charge in [-0.3, -0.25) is 4.90 Å². The van der Waals surface area contributed by atoms with Crippen molar-refractivity contribution in [3.8, 4) is 0 Å². The maximum Gasteiger partial charge on any atom is 0.0330 e. The first-order valence-corrected chi connectivity index (χ1v) is 8.51. The highest BCUT2D eigenvalue weighted by Crippen LogP contribution is 2.42. The van der Waals surface area contributed by atoms with Gasteiger partial charge in [0.25, 0.3) is 0 Å². The van der Waals surface area contributed by atoms with Crippen molar-refractivity contribution in [3.63, 3.8) is 0 Å². The fourth-order valence-electron chi connectivity index (χ4n) is 4.15. The van der Waals surface area contributed by atoms with Gasteiger partial charge in [0.1, 0.15) is 0 Å². The maximum atomic E-state index is 2.69. The van der Waals surface area contributed by atoms with Crippen LogP contribution in [-0.2, 0) is 5.41 Å². The van der Waals surface area contributed by atoms with Gasteiger partial charge < -0.3 is 0 Å². The first kappa shape index (κ1) is 15.3. The SMILES string of the molecule is CC(C)N1CCC[C@H]1C(C)(c1ccccc1)c1ccccc1. The van der Waals surface area contributed by atoms with Crippen LogP contribution in [0.4, 0.5) is 0 Å². The van der Waals surface area contributed by atoms with E-state index >= 15 is 0 Å². The predicted octanol–water partition coefficient (Wildman–Crippen LogP) is 4.87. The van der Waals surface area contributed by atoms with Crippen LogP contribution in [0, 0.1) is 0 Å². The predicted molar refractivity (Wildman–Crippen MR) is 94.2 cm³/mol. The van der Waals surface area contributed by atoms with Crippen LogP contribution < -0.4 is 0 Å². The highest BCUT2D eigenvalue weighted by molar-refractivity contribution is 5.41. The molecule has 116 valence electrons. The second-order valence-electron chi connectivity index (χ2n) is 6.92. The van der Waals surface area contributed by atoms with Crippen LogP contribution in [0.15, 0.2) is 60.7 Å². The lowest BCUT2D eigenvalue weighted by molar-refractivity contribution is 0.153. The summed E-state index contributed by atoms with van der Waals surface area (Å²) in [6.45, 7) is 8.31. The fraction of sp³-hybridized carbons (Fsp3) is 0.429. The summed E-state index contributed by atoms with van der Waals surface area (Å²) in [6, 6.07) is 23.3. The van der Waals surface area contributed by atoms with Gasteiger partial charge in [0.05, 0.1) is 0 Å². The minimum Gasteiger partial charge on any atom is -0.297 e. The molecule has 22 heavy (non-hydrogen) atoms. The Bertz CT molecular complexity index is 548. The lowest BCUT2D eigenvalue weighted by Crippen LogP contribution is -2.48. The molecule has 0 aliphatic carbocycles. The van der Waals surface area contributed by atoms with E-state index in [-0.39, 0.29) is 5.41 Å². The van der Waals surface area contributed by atoms with Gasteiger partial charge >= 0.3 is 0 Å². The molecule has 1 aliphatic heterocycles. The molecule has 2 aromatic carbocycles. The highest BCUT2D eigenvalue weighted by atomic mass is 15.2. The second-order valence-corrected chi connectivity index (χ2v) is 6.92. The van der Waals surface area contributed by atoms with E-state index in [9.17, 15) is 0 Å². The van der Waals surface area contributed by atoms with Crippen LogP contribution in [0.5, 0.6) is 0 Å². The molecule has 0 N–H and O–H groups in total. The lowest BCUT2D eigenvalue weighted by atomic mass is 9.69. The number of benzene rings is 2. The van der Waals surface area contributed by atoms with Crippen molar-refractivity contribution in [2.45, 2.75) is 51.1 Å². The molecule has 1 saturated heterocycles. The van der Waals surface area contributed by atoms with E-state index in [1.165, 1.54) is 30.5 Å².